The molecular weight excluding hydrogens is 258 g/mol. The van der Waals surface area contributed by atoms with E-state index in [9.17, 15) is 4.79 Å². The molecule has 0 radical (unpaired) electrons. The van der Waals surface area contributed by atoms with Gasteiger partial charge in [0.15, 0.2) is 0 Å². The van der Waals surface area contributed by atoms with Crippen molar-refractivity contribution < 1.29 is 4.79 Å². The first kappa shape index (κ1) is 14.9. The summed E-state index contributed by atoms with van der Waals surface area (Å²) in [5.74, 6) is 6.01. The Morgan fingerprint density at radius 1 is 1.05 bits per heavy atom. The number of amides is 1. The maximum atomic E-state index is 11.7. The minimum atomic E-state index is 0.0398. The fraction of sp³-hybridized carbons (Fsp3) is 0.211. The van der Waals surface area contributed by atoms with Gasteiger partial charge in [-0.15, -0.1) is 0 Å². The van der Waals surface area contributed by atoms with Crippen LogP contribution in [0.15, 0.2) is 54.6 Å². The average molecular weight is 277 g/mol. The van der Waals surface area contributed by atoms with Crippen molar-refractivity contribution in [3.05, 3.63) is 71.3 Å². The third-order valence-corrected chi connectivity index (χ3v) is 3.14. The van der Waals surface area contributed by atoms with Crippen molar-refractivity contribution in [1.82, 2.24) is 5.32 Å². The van der Waals surface area contributed by atoms with Crippen LogP contribution in [0.2, 0.25) is 0 Å². The lowest BCUT2D eigenvalue weighted by atomic mass is 10.1. The Balaban J connectivity index is 1.71. The molecule has 0 heterocycles. The lowest BCUT2D eigenvalue weighted by Gasteiger charge is -2.02. The molecule has 0 unspecified atom stereocenters. The number of benzene rings is 2. The SMILES string of the molecule is Cc1ccc(CCC(=O)NCC#Cc2ccccc2)cc1. The second kappa shape index (κ2) is 7.91. The van der Waals surface area contributed by atoms with Crippen LogP contribution in [0.25, 0.3) is 0 Å². The molecule has 0 saturated carbocycles. The Bertz CT molecular complexity index is 633. The zero-order valence-corrected chi connectivity index (χ0v) is 12.2. The topological polar surface area (TPSA) is 29.1 Å². The van der Waals surface area contributed by atoms with Crippen molar-refractivity contribution in [3.63, 3.8) is 0 Å². The van der Waals surface area contributed by atoms with Gasteiger partial charge in [-0.3, -0.25) is 4.79 Å². The van der Waals surface area contributed by atoms with Gasteiger partial charge in [-0.05, 0) is 31.0 Å². The van der Waals surface area contributed by atoms with Gasteiger partial charge in [0.2, 0.25) is 5.91 Å². The number of nitrogens with one attached hydrogen (secondary N) is 1. The molecule has 2 heteroatoms. The second-order valence-corrected chi connectivity index (χ2v) is 4.93. The molecule has 0 aliphatic carbocycles. The summed E-state index contributed by atoms with van der Waals surface area (Å²) in [4.78, 5) is 11.7. The van der Waals surface area contributed by atoms with E-state index < -0.39 is 0 Å². The molecule has 2 aromatic rings. The maximum Gasteiger partial charge on any atom is 0.221 e. The van der Waals surface area contributed by atoms with E-state index in [1.165, 1.54) is 11.1 Å². The molecule has 2 rings (SSSR count). The van der Waals surface area contributed by atoms with Crippen LogP contribution in [0.3, 0.4) is 0 Å². The number of carbonyl (C=O) groups is 1. The number of carbonyl (C=O) groups excluding carboxylic acids is 1. The van der Waals surface area contributed by atoms with Crippen LogP contribution < -0.4 is 5.32 Å². The van der Waals surface area contributed by atoms with Gasteiger partial charge >= 0.3 is 0 Å². The fourth-order valence-electron chi connectivity index (χ4n) is 1.91. The Labute approximate surface area is 126 Å². The van der Waals surface area contributed by atoms with Crippen LogP contribution in [-0.4, -0.2) is 12.5 Å². The summed E-state index contributed by atoms with van der Waals surface area (Å²) in [6, 6.07) is 18.0. The van der Waals surface area contributed by atoms with E-state index in [2.05, 4.69) is 48.3 Å². The Morgan fingerprint density at radius 3 is 2.48 bits per heavy atom. The highest BCUT2D eigenvalue weighted by Gasteiger charge is 2.00. The normalized spacial score (nSPS) is 9.57. The standard InChI is InChI=1S/C19H19NO/c1-16-9-11-18(12-10-16)13-14-19(21)20-15-5-8-17-6-3-2-4-7-17/h2-4,6-7,9-12H,13-15H2,1H3,(H,20,21). The number of rotatable bonds is 4. The second-order valence-electron chi connectivity index (χ2n) is 4.93. The molecule has 1 N–H and O–H groups in total. The summed E-state index contributed by atoms with van der Waals surface area (Å²) >= 11 is 0. The van der Waals surface area contributed by atoms with Gasteiger partial charge in [-0.2, -0.15) is 0 Å². The molecule has 106 valence electrons. The molecule has 0 aliphatic heterocycles. The molecule has 0 fully saturated rings. The molecule has 2 nitrogen and oxygen atoms in total. The monoisotopic (exact) mass is 277 g/mol. The predicted octanol–water partition coefficient (Wildman–Crippen LogP) is 3.10. The Hall–Kier alpha value is -2.53. The highest BCUT2D eigenvalue weighted by molar-refractivity contribution is 5.76. The summed E-state index contributed by atoms with van der Waals surface area (Å²) < 4.78 is 0. The summed E-state index contributed by atoms with van der Waals surface area (Å²) in [7, 11) is 0. The first-order valence-corrected chi connectivity index (χ1v) is 7.10. The molecule has 0 spiro atoms. The third kappa shape index (κ3) is 5.54. The van der Waals surface area contributed by atoms with E-state index in [-0.39, 0.29) is 5.91 Å². The molecule has 0 atom stereocenters. The van der Waals surface area contributed by atoms with E-state index in [0.717, 1.165) is 12.0 Å². The zero-order valence-electron chi connectivity index (χ0n) is 12.2. The van der Waals surface area contributed by atoms with E-state index in [4.69, 9.17) is 0 Å². The van der Waals surface area contributed by atoms with E-state index >= 15 is 0 Å². The number of hydrogen-bond acceptors (Lipinski definition) is 1. The maximum absolute atomic E-state index is 11.7. The summed E-state index contributed by atoms with van der Waals surface area (Å²) in [5, 5.41) is 2.82. The molecule has 0 aromatic heterocycles. The lowest BCUT2D eigenvalue weighted by molar-refractivity contribution is -0.120. The van der Waals surface area contributed by atoms with Crippen molar-refractivity contribution in [1.29, 1.82) is 0 Å². The van der Waals surface area contributed by atoms with Gasteiger partial charge in [0.1, 0.15) is 0 Å². The van der Waals surface area contributed by atoms with E-state index in [0.29, 0.717) is 13.0 Å². The minimum Gasteiger partial charge on any atom is -0.345 e. The van der Waals surface area contributed by atoms with Crippen LogP contribution >= 0.6 is 0 Å². The number of aryl methyl sites for hydroxylation is 2. The third-order valence-electron chi connectivity index (χ3n) is 3.14. The predicted molar refractivity (Wildman–Crippen MR) is 85.8 cm³/mol. The van der Waals surface area contributed by atoms with Gasteiger partial charge in [0, 0.05) is 12.0 Å². The highest BCUT2D eigenvalue weighted by atomic mass is 16.1. The quantitative estimate of drug-likeness (QED) is 0.855. The van der Waals surface area contributed by atoms with Crippen molar-refractivity contribution in [2.75, 3.05) is 6.54 Å². The van der Waals surface area contributed by atoms with Crippen LogP contribution in [-0.2, 0) is 11.2 Å². The van der Waals surface area contributed by atoms with Crippen LogP contribution in [0, 0.1) is 18.8 Å². The lowest BCUT2D eigenvalue weighted by Crippen LogP contribution is -2.23. The summed E-state index contributed by atoms with van der Waals surface area (Å²) in [6.07, 6.45) is 1.26. The summed E-state index contributed by atoms with van der Waals surface area (Å²) in [5.41, 5.74) is 3.39. The molecule has 0 bridgehead atoms. The average Bonchev–Trinajstić information content (AvgIpc) is 2.52. The van der Waals surface area contributed by atoms with Gasteiger partial charge in [0.25, 0.3) is 0 Å². The van der Waals surface area contributed by atoms with Gasteiger partial charge in [-0.1, -0.05) is 59.9 Å². The first-order chi connectivity index (χ1) is 10.2. The molecule has 2 aromatic carbocycles. The fourth-order valence-corrected chi connectivity index (χ4v) is 1.91. The largest absolute Gasteiger partial charge is 0.345 e. The van der Waals surface area contributed by atoms with Crippen molar-refractivity contribution in [2.24, 2.45) is 0 Å². The van der Waals surface area contributed by atoms with Crippen LogP contribution in [0.4, 0.5) is 0 Å². The van der Waals surface area contributed by atoms with Crippen molar-refractivity contribution in [3.8, 4) is 11.8 Å². The van der Waals surface area contributed by atoms with Crippen LogP contribution in [0.5, 0.6) is 0 Å². The molecule has 1 amide bonds. The summed E-state index contributed by atoms with van der Waals surface area (Å²) in [6.45, 7) is 2.45. The molecule has 21 heavy (non-hydrogen) atoms. The van der Waals surface area contributed by atoms with Crippen molar-refractivity contribution in [2.45, 2.75) is 19.8 Å². The van der Waals surface area contributed by atoms with E-state index in [1.54, 1.807) is 0 Å². The Kier molecular flexibility index (Phi) is 5.60. The Morgan fingerprint density at radius 2 is 1.76 bits per heavy atom. The van der Waals surface area contributed by atoms with Gasteiger partial charge in [-0.25, -0.2) is 0 Å². The number of hydrogen-bond donors (Lipinski definition) is 1. The highest BCUT2D eigenvalue weighted by Crippen LogP contribution is 2.05. The van der Waals surface area contributed by atoms with Crippen LogP contribution in [0.1, 0.15) is 23.1 Å². The van der Waals surface area contributed by atoms with Gasteiger partial charge in [0.05, 0.1) is 6.54 Å². The minimum absolute atomic E-state index is 0.0398. The molecule has 0 saturated heterocycles. The zero-order chi connectivity index (χ0) is 14.9. The first-order valence-electron chi connectivity index (χ1n) is 7.10. The van der Waals surface area contributed by atoms with Gasteiger partial charge < -0.3 is 5.32 Å². The molecule has 0 aliphatic rings. The van der Waals surface area contributed by atoms with E-state index in [1.807, 2.05) is 30.3 Å². The van der Waals surface area contributed by atoms with Crippen molar-refractivity contribution >= 4 is 5.91 Å². The smallest absolute Gasteiger partial charge is 0.221 e. The molecular formula is C19H19NO.